The number of pyridine rings is 2. The number of nitrogens with zero attached hydrogens (tertiary/aromatic N) is 10. The molecular formula is C29H35N10+. The van der Waals surface area contributed by atoms with Crippen LogP contribution in [-0.4, -0.2) is 44.1 Å². The maximum atomic E-state index is 5.06. The normalized spacial score (nSPS) is 13.3. The van der Waals surface area contributed by atoms with E-state index in [4.69, 9.17) is 5.10 Å². The molecule has 39 heavy (non-hydrogen) atoms. The summed E-state index contributed by atoms with van der Waals surface area (Å²) in [4.78, 5) is 4.60. The van der Waals surface area contributed by atoms with E-state index in [1.807, 2.05) is 21.7 Å². The Labute approximate surface area is 227 Å². The molecule has 0 aliphatic heterocycles. The van der Waals surface area contributed by atoms with Crippen molar-refractivity contribution in [3.8, 4) is 16.8 Å². The van der Waals surface area contributed by atoms with Gasteiger partial charge in [-0.1, -0.05) is 67.0 Å². The zero-order valence-corrected chi connectivity index (χ0v) is 24.1. The summed E-state index contributed by atoms with van der Waals surface area (Å²) >= 11 is 0. The number of tetrazole rings is 1. The van der Waals surface area contributed by atoms with Crippen LogP contribution in [0, 0.1) is 0 Å². The second-order valence-corrected chi connectivity index (χ2v) is 13.4. The van der Waals surface area contributed by atoms with Crippen molar-refractivity contribution < 1.29 is 4.68 Å². The Balaban J connectivity index is 1.56. The first-order valence-electron chi connectivity index (χ1n) is 13.2. The zero-order chi connectivity index (χ0) is 27.9. The Bertz CT molecular complexity index is 1870. The molecule has 0 spiro atoms. The molecule has 0 amide bonds. The average molecular weight is 524 g/mol. The summed E-state index contributed by atoms with van der Waals surface area (Å²) in [6, 6.07) is 6.56. The molecule has 0 saturated carbocycles. The van der Waals surface area contributed by atoms with Gasteiger partial charge in [-0.25, -0.2) is 9.50 Å². The van der Waals surface area contributed by atoms with Gasteiger partial charge in [-0.05, 0) is 44.6 Å². The highest BCUT2D eigenvalue weighted by molar-refractivity contribution is 5.73. The Morgan fingerprint density at radius 3 is 2.10 bits per heavy atom. The third kappa shape index (κ3) is 4.24. The molecule has 6 aromatic heterocycles. The number of hydrogen-bond acceptors (Lipinski definition) is 6. The SMILES string of the molecule is CC(C)(C)c1cc(-c2cc3c(C(C)(C)C)ncnn3c2)cn2c[n+](-c3cc(C(C)(C)C)c4nnnn4c3)nc12. The van der Waals surface area contributed by atoms with Gasteiger partial charge < -0.3 is 0 Å². The third-order valence-electron chi connectivity index (χ3n) is 7.11. The van der Waals surface area contributed by atoms with Gasteiger partial charge in [0.05, 0.1) is 17.4 Å². The number of rotatable bonds is 2. The smallest absolute Gasteiger partial charge is 0.237 e. The van der Waals surface area contributed by atoms with Gasteiger partial charge in [-0.2, -0.15) is 14.0 Å². The lowest BCUT2D eigenvalue weighted by Gasteiger charge is -2.19. The summed E-state index contributed by atoms with van der Waals surface area (Å²) in [5.74, 6) is 0. The van der Waals surface area contributed by atoms with Crippen molar-refractivity contribution in [3.05, 3.63) is 66.3 Å². The van der Waals surface area contributed by atoms with Gasteiger partial charge in [0.15, 0.2) is 11.3 Å². The van der Waals surface area contributed by atoms with E-state index in [1.54, 1.807) is 10.8 Å². The Hall–Kier alpha value is -4.21. The zero-order valence-electron chi connectivity index (χ0n) is 24.1. The molecule has 6 rings (SSSR count). The third-order valence-corrected chi connectivity index (χ3v) is 7.11. The Kier molecular flexibility index (Phi) is 5.24. The molecule has 10 heteroatoms. The summed E-state index contributed by atoms with van der Waals surface area (Å²) < 4.78 is 7.66. The quantitative estimate of drug-likeness (QED) is 0.307. The molecule has 0 aromatic carbocycles. The van der Waals surface area contributed by atoms with E-state index >= 15 is 0 Å². The second-order valence-electron chi connectivity index (χ2n) is 13.4. The van der Waals surface area contributed by atoms with Crippen molar-refractivity contribution in [1.29, 1.82) is 0 Å². The molecule has 0 aliphatic rings. The summed E-state index contributed by atoms with van der Waals surface area (Å²) in [5, 5.41) is 21.9. The summed E-state index contributed by atoms with van der Waals surface area (Å²) in [5.41, 5.74) is 8.61. The number of aromatic nitrogens is 10. The molecule has 0 atom stereocenters. The fourth-order valence-corrected chi connectivity index (χ4v) is 5.06. The monoisotopic (exact) mass is 523 g/mol. The number of fused-ring (bicyclic) bond motifs is 3. The van der Waals surface area contributed by atoms with Crippen LogP contribution in [0.5, 0.6) is 0 Å². The maximum Gasteiger partial charge on any atom is 0.276 e. The van der Waals surface area contributed by atoms with E-state index in [0.717, 1.165) is 50.4 Å². The molecule has 0 saturated heterocycles. The molecule has 6 aromatic rings. The van der Waals surface area contributed by atoms with E-state index < -0.39 is 0 Å². The van der Waals surface area contributed by atoms with Gasteiger partial charge in [0.25, 0.3) is 12.0 Å². The van der Waals surface area contributed by atoms with Crippen molar-refractivity contribution in [2.24, 2.45) is 0 Å². The van der Waals surface area contributed by atoms with Crippen LogP contribution >= 0.6 is 0 Å². The van der Waals surface area contributed by atoms with Crippen LogP contribution in [0.4, 0.5) is 0 Å². The van der Waals surface area contributed by atoms with Crippen molar-refractivity contribution in [2.75, 3.05) is 0 Å². The standard InChI is InChI=1S/C29H35N10/c1-27(2,3)21-10-18(19-11-23-24(29(7,8)9)30-16-31-37(23)14-19)13-36-17-39(33-26(21)36)20-12-22(28(4,5)6)25-32-34-35-38(25)15-20/h10-17H,1-9H3/q+1. The molecule has 0 aliphatic carbocycles. The van der Waals surface area contributed by atoms with E-state index in [0.29, 0.717) is 0 Å². The van der Waals surface area contributed by atoms with Gasteiger partial charge in [0.1, 0.15) is 12.5 Å². The van der Waals surface area contributed by atoms with Crippen LogP contribution in [0.2, 0.25) is 0 Å². The molecule has 6 heterocycles. The minimum Gasteiger partial charge on any atom is -0.237 e. The van der Waals surface area contributed by atoms with Crippen LogP contribution in [0.3, 0.4) is 0 Å². The average Bonchev–Trinajstić information content (AvgIpc) is 3.57. The molecule has 0 N–H and O–H groups in total. The molecule has 0 unspecified atom stereocenters. The number of hydrogen-bond donors (Lipinski definition) is 0. The Morgan fingerprint density at radius 2 is 1.41 bits per heavy atom. The minimum atomic E-state index is -0.137. The largest absolute Gasteiger partial charge is 0.276 e. The summed E-state index contributed by atoms with van der Waals surface area (Å²) in [6.07, 6.45) is 9.77. The highest BCUT2D eigenvalue weighted by Crippen LogP contribution is 2.33. The van der Waals surface area contributed by atoms with E-state index in [9.17, 15) is 0 Å². The lowest BCUT2D eigenvalue weighted by molar-refractivity contribution is -0.655. The minimum absolute atomic E-state index is 0.0944. The van der Waals surface area contributed by atoms with Crippen LogP contribution in [-0.2, 0) is 16.2 Å². The summed E-state index contributed by atoms with van der Waals surface area (Å²) in [7, 11) is 0. The van der Waals surface area contributed by atoms with E-state index in [1.165, 1.54) is 0 Å². The first kappa shape index (κ1) is 25.1. The maximum absolute atomic E-state index is 5.06. The Morgan fingerprint density at radius 1 is 0.718 bits per heavy atom. The highest BCUT2D eigenvalue weighted by Gasteiger charge is 2.28. The molecule has 200 valence electrons. The van der Waals surface area contributed by atoms with Crippen molar-refractivity contribution in [2.45, 2.75) is 78.6 Å². The predicted molar refractivity (Wildman–Crippen MR) is 149 cm³/mol. The van der Waals surface area contributed by atoms with Crippen LogP contribution in [0.1, 0.15) is 79.1 Å². The molecule has 10 nitrogen and oxygen atoms in total. The predicted octanol–water partition coefficient (Wildman–Crippen LogP) is 4.65. The van der Waals surface area contributed by atoms with E-state index in [2.05, 4.69) is 123 Å². The van der Waals surface area contributed by atoms with Gasteiger partial charge in [-0.3, -0.25) is 0 Å². The lowest BCUT2D eigenvalue weighted by Crippen LogP contribution is -2.33. The first-order chi connectivity index (χ1) is 18.2. The molecule has 0 radical (unpaired) electrons. The molecule has 0 bridgehead atoms. The fourth-order valence-electron chi connectivity index (χ4n) is 5.06. The lowest BCUT2D eigenvalue weighted by atomic mass is 9.86. The van der Waals surface area contributed by atoms with Crippen molar-refractivity contribution >= 4 is 16.8 Å². The first-order valence-corrected chi connectivity index (χ1v) is 13.2. The topological polar surface area (TPSA) is 94.5 Å². The fraction of sp³-hybridized carbons (Fsp3) is 0.414. The van der Waals surface area contributed by atoms with Crippen LogP contribution < -0.4 is 4.68 Å². The molecular weight excluding hydrogens is 488 g/mol. The van der Waals surface area contributed by atoms with Gasteiger partial charge in [0, 0.05) is 33.9 Å². The second kappa shape index (κ2) is 8.14. The van der Waals surface area contributed by atoms with Crippen LogP contribution in [0.25, 0.3) is 33.6 Å². The van der Waals surface area contributed by atoms with Crippen LogP contribution in [0.15, 0.2) is 49.4 Å². The van der Waals surface area contributed by atoms with Gasteiger partial charge in [0.2, 0.25) is 0 Å². The molecule has 0 fully saturated rings. The van der Waals surface area contributed by atoms with Crippen molar-refractivity contribution in [1.82, 2.24) is 44.1 Å². The van der Waals surface area contributed by atoms with Crippen molar-refractivity contribution in [3.63, 3.8) is 0 Å². The van der Waals surface area contributed by atoms with Gasteiger partial charge >= 0.3 is 0 Å². The summed E-state index contributed by atoms with van der Waals surface area (Å²) in [6.45, 7) is 19.7. The van der Waals surface area contributed by atoms with Gasteiger partial charge in [-0.15, -0.1) is 5.10 Å². The highest BCUT2D eigenvalue weighted by atomic mass is 15.5. The van der Waals surface area contributed by atoms with E-state index in [-0.39, 0.29) is 16.2 Å².